The van der Waals surface area contributed by atoms with Crippen LogP contribution in [0.5, 0.6) is 11.5 Å². The molecule has 1 amide bonds. The van der Waals surface area contributed by atoms with Gasteiger partial charge in [0.1, 0.15) is 0 Å². The Morgan fingerprint density at radius 2 is 2.25 bits per heavy atom. The molecule has 0 atom stereocenters. The van der Waals surface area contributed by atoms with Gasteiger partial charge in [-0.05, 0) is 19.1 Å². The zero-order valence-electron chi connectivity index (χ0n) is 9.04. The van der Waals surface area contributed by atoms with Gasteiger partial charge < -0.3 is 9.47 Å². The molecular formula is C10H13ClN2O3. The summed E-state index contributed by atoms with van der Waals surface area (Å²) < 4.78 is 10.4. The highest BCUT2D eigenvalue weighted by atomic mass is 35.5. The summed E-state index contributed by atoms with van der Waals surface area (Å²) in [7, 11) is 1.48. The summed E-state index contributed by atoms with van der Waals surface area (Å²) in [6.07, 6.45) is 0. The van der Waals surface area contributed by atoms with Crippen molar-refractivity contribution in [3.05, 3.63) is 22.7 Å². The molecule has 16 heavy (non-hydrogen) atoms. The van der Waals surface area contributed by atoms with Crippen molar-refractivity contribution in [2.24, 2.45) is 5.84 Å². The number of rotatable bonds is 4. The molecule has 6 heteroatoms. The van der Waals surface area contributed by atoms with Crippen LogP contribution >= 0.6 is 11.6 Å². The molecule has 0 saturated heterocycles. The summed E-state index contributed by atoms with van der Waals surface area (Å²) in [5.74, 6) is 5.41. The molecule has 0 unspecified atom stereocenters. The smallest absolute Gasteiger partial charge is 0.265 e. The van der Waals surface area contributed by atoms with Crippen molar-refractivity contribution in [1.82, 2.24) is 5.43 Å². The number of nitrogens with one attached hydrogen (secondary N) is 1. The molecule has 0 fully saturated rings. The van der Waals surface area contributed by atoms with Crippen molar-refractivity contribution in [3.8, 4) is 11.5 Å². The molecule has 1 rings (SSSR count). The highest BCUT2D eigenvalue weighted by Crippen LogP contribution is 2.36. The van der Waals surface area contributed by atoms with Gasteiger partial charge in [0.15, 0.2) is 11.5 Å². The molecule has 3 N–H and O–H groups in total. The van der Waals surface area contributed by atoms with Gasteiger partial charge >= 0.3 is 0 Å². The van der Waals surface area contributed by atoms with Gasteiger partial charge in [0.05, 0.1) is 18.7 Å². The fourth-order valence-corrected chi connectivity index (χ4v) is 1.53. The fourth-order valence-electron chi connectivity index (χ4n) is 1.24. The molecular weight excluding hydrogens is 232 g/mol. The first kappa shape index (κ1) is 12.6. The number of methoxy groups -OCH3 is 1. The van der Waals surface area contributed by atoms with Crippen LogP contribution in [0.4, 0.5) is 0 Å². The summed E-state index contributed by atoms with van der Waals surface area (Å²) in [5, 5.41) is 0.298. The average Bonchev–Trinajstić information content (AvgIpc) is 2.28. The third kappa shape index (κ3) is 2.56. The molecule has 0 radical (unpaired) electrons. The molecule has 0 aliphatic carbocycles. The number of amides is 1. The molecule has 0 aromatic heterocycles. The number of nitrogen functional groups attached to an aromatic ring is 1. The lowest BCUT2D eigenvalue weighted by Gasteiger charge is -2.12. The number of nitrogens with two attached hydrogens (primary N) is 1. The Labute approximate surface area is 98.4 Å². The SMILES string of the molecule is CCOc1cc(C(=O)NN)cc(Cl)c1OC. The van der Waals surface area contributed by atoms with Crippen molar-refractivity contribution < 1.29 is 14.3 Å². The average molecular weight is 245 g/mol. The van der Waals surface area contributed by atoms with Crippen LogP contribution in [0.1, 0.15) is 17.3 Å². The van der Waals surface area contributed by atoms with E-state index in [0.717, 1.165) is 0 Å². The van der Waals surface area contributed by atoms with Crippen molar-refractivity contribution in [3.63, 3.8) is 0 Å². The third-order valence-electron chi connectivity index (χ3n) is 1.91. The summed E-state index contributed by atoms with van der Waals surface area (Å²) >= 11 is 5.95. The molecule has 1 aromatic rings. The van der Waals surface area contributed by atoms with E-state index in [0.29, 0.717) is 28.7 Å². The van der Waals surface area contributed by atoms with Gasteiger partial charge in [0.2, 0.25) is 0 Å². The number of hydrazine groups is 1. The van der Waals surface area contributed by atoms with E-state index in [1.165, 1.54) is 19.2 Å². The van der Waals surface area contributed by atoms with Gasteiger partial charge in [-0.15, -0.1) is 0 Å². The normalized spacial score (nSPS) is 9.75. The quantitative estimate of drug-likeness (QED) is 0.476. The van der Waals surface area contributed by atoms with Gasteiger partial charge in [0.25, 0.3) is 5.91 Å². The number of halogens is 1. The van der Waals surface area contributed by atoms with Crippen LogP contribution in [0.25, 0.3) is 0 Å². The Bertz CT molecular complexity index is 396. The molecule has 0 saturated carbocycles. The Morgan fingerprint density at radius 1 is 1.56 bits per heavy atom. The van der Waals surface area contributed by atoms with Gasteiger partial charge in [-0.25, -0.2) is 5.84 Å². The first-order valence-electron chi connectivity index (χ1n) is 4.65. The van der Waals surface area contributed by atoms with E-state index in [4.69, 9.17) is 26.9 Å². The minimum Gasteiger partial charge on any atom is -0.491 e. The lowest BCUT2D eigenvalue weighted by atomic mass is 10.2. The largest absolute Gasteiger partial charge is 0.491 e. The first-order valence-corrected chi connectivity index (χ1v) is 5.03. The molecule has 88 valence electrons. The molecule has 5 nitrogen and oxygen atoms in total. The van der Waals surface area contributed by atoms with E-state index in [9.17, 15) is 4.79 Å². The predicted octanol–water partition coefficient (Wildman–Crippen LogP) is 1.35. The minimum atomic E-state index is -0.439. The van der Waals surface area contributed by atoms with E-state index in [-0.39, 0.29) is 0 Å². The molecule has 0 bridgehead atoms. The summed E-state index contributed by atoms with van der Waals surface area (Å²) in [6.45, 7) is 2.27. The van der Waals surface area contributed by atoms with E-state index in [2.05, 4.69) is 0 Å². The standard InChI is InChI=1S/C10H13ClN2O3/c1-3-16-8-5-6(10(14)13-12)4-7(11)9(8)15-2/h4-5H,3,12H2,1-2H3,(H,13,14). The van der Waals surface area contributed by atoms with Crippen LogP contribution in [0.3, 0.4) is 0 Å². The molecule has 0 heterocycles. The van der Waals surface area contributed by atoms with Crippen molar-refractivity contribution >= 4 is 17.5 Å². The second-order valence-corrected chi connectivity index (χ2v) is 3.30. The topological polar surface area (TPSA) is 73.6 Å². The highest BCUT2D eigenvalue weighted by Gasteiger charge is 2.14. The maximum absolute atomic E-state index is 11.3. The number of carbonyl (C=O) groups excluding carboxylic acids is 1. The molecule has 0 spiro atoms. The first-order chi connectivity index (χ1) is 7.63. The second kappa shape index (κ2) is 5.58. The van der Waals surface area contributed by atoms with Gasteiger partial charge in [-0.2, -0.15) is 0 Å². The number of benzene rings is 1. The predicted molar refractivity (Wildman–Crippen MR) is 60.8 cm³/mol. The van der Waals surface area contributed by atoms with Crippen LogP contribution in [-0.2, 0) is 0 Å². The van der Waals surface area contributed by atoms with Crippen molar-refractivity contribution in [1.29, 1.82) is 0 Å². The van der Waals surface area contributed by atoms with Gasteiger partial charge in [-0.1, -0.05) is 11.6 Å². The maximum atomic E-state index is 11.3. The van der Waals surface area contributed by atoms with Crippen LogP contribution in [0, 0.1) is 0 Å². The molecule has 0 aliphatic heterocycles. The van der Waals surface area contributed by atoms with Crippen molar-refractivity contribution in [2.45, 2.75) is 6.92 Å². The highest BCUT2D eigenvalue weighted by molar-refractivity contribution is 6.32. The number of hydrogen-bond donors (Lipinski definition) is 2. The van der Waals surface area contributed by atoms with Crippen LogP contribution in [0.15, 0.2) is 12.1 Å². The minimum absolute atomic E-state index is 0.298. The zero-order chi connectivity index (χ0) is 12.1. The zero-order valence-corrected chi connectivity index (χ0v) is 9.80. The van der Waals surface area contributed by atoms with Crippen LogP contribution in [-0.4, -0.2) is 19.6 Å². The molecule has 1 aromatic carbocycles. The summed E-state index contributed by atoms with van der Waals surface area (Å²) in [6, 6.07) is 2.99. The van der Waals surface area contributed by atoms with Crippen molar-refractivity contribution in [2.75, 3.05) is 13.7 Å². The van der Waals surface area contributed by atoms with Crippen LogP contribution < -0.4 is 20.7 Å². The Morgan fingerprint density at radius 3 is 2.75 bits per heavy atom. The maximum Gasteiger partial charge on any atom is 0.265 e. The fraction of sp³-hybridized carbons (Fsp3) is 0.300. The third-order valence-corrected chi connectivity index (χ3v) is 2.19. The number of carbonyl (C=O) groups is 1. The van der Waals surface area contributed by atoms with E-state index in [1.807, 2.05) is 12.3 Å². The van der Waals surface area contributed by atoms with E-state index >= 15 is 0 Å². The summed E-state index contributed by atoms with van der Waals surface area (Å²) in [4.78, 5) is 11.3. The Kier molecular flexibility index (Phi) is 4.39. The lowest BCUT2D eigenvalue weighted by Crippen LogP contribution is -2.30. The molecule has 0 aliphatic rings. The van der Waals surface area contributed by atoms with E-state index in [1.54, 1.807) is 0 Å². The Balaban J connectivity index is 3.22. The second-order valence-electron chi connectivity index (χ2n) is 2.90. The van der Waals surface area contributed by atoms with E-state index < -0.39 is 5.91 Å². The van der Waals surface area contributed by atoms with Crippen LogP contribution in [0.2, 0.25) is 5.02 Å². The monoisotopic (exact) mass is 244 g/mol. The lowest BCUT2D eigenvalue weighted by molar-refractivity contribution is 0.0953. The van der Waals surface area contributed by atoms with Gasteiger partial charge in [-0.3, -0.25) is 10.2 Å². The Hall–Kier alpha value is -1.46. The van der Waals surface area contributed by atoms with Gasteiger partial charge in [0, 0.05) is 5.56 Å². The number of ether oxygens (including phenoxy) is 2. The summed E-state index contributed by atoms with van der Waals surface area (Å²) in [5.41, 5.74) is 2.34. The number of hydrogen-bond acceptors (Lipinski definition) is 4.